The number of piperazine rings is 1. The van der Waals surface area contributed by atoms with Crippen LogP contribution in [0.25, 0.3) is 0 Å². The fourth-order valence-corrected chi connectivity index (χ4v) is 4.25. The van der Waals surface area contributed by atoms with E-state index in [4.69, 9.17) is 0 Å². The molecule has 5 heteroatoms. The topological polar surface area (TPSA) is 52.7 Å². The highest BCUT2D eigenvalue weighted by molar-refractivity contribution is 5.80. The van der Waals surface area contributed by atoms with E-state index in [1.165, 1.54) is 29.5 Å². The van der Waals surface area contributed by atoms with Gasteiger partial charge in [-0.15, -0.1) is 0 Å². The van der Waals surface area contributed by atoms with Crippen molar-refractivity contribution < 1.29 is 9.59 Å². The molecule has 1 saturated carbocycles. The summed E-state index contributed by atoms with van der Waals surface area (Å²) >= 11 is 0. The monoisotopic (exact) mass is 419 g/mol. The first-order valence-corrected chi connectivity index (χ1v) is 11.4. The molecule has 1 aliphatic heterocycles. The molecule has 0 radical (unpaired) electrons. The lowest BCUT2D eigenvalue weighted by atomic mass is 10.0. The van der Waals surface area contributed by atoms with Crippen molar-refractivity contribution in [1.29, 1.82) is 0 Å². The molecule has 0 spiro atoms. The van der Waals surface area contributed by atoms with E-state index in [1.807, 2.05) is 29.2 Å². The number of carbonyl (C=O) groups is 2. The molecular weight excluding hydrogens is 386 g/mol. The molecular formula is C26H33N3O2. The number of aryl methyl sites for hydroxylation is 2. The molecule has 1 unspecified atom stereocenters. The molecule has 1 aliphatic carbocycles. The Morgan fingerprint density at radius 1 is 0.903 bits per heavy atom. The van der Waals surface area contributed by atoms with Crippen LogP contribution in [-0.4, -0.2) is 54.3 Å². The van der Waals surface area contributed by atoms with Crippen LogP contribution in [0.2, 0.25) is 0 Å². The molecule has 1 N–H and O–H groups in total. The summed E-state index contributed by atoms with van der Waals surface area (Å²) in [4.78, 5) is 29.4. The number of nitrogens with zero attached hydrogens (tertiary/aromatic N) is 2. The van der Waals surface area contributed by atoms with Crippen LogP contribution >= 0.6 is 0 Å². The largest absolute Gasteiger partial charge is 0.348 e. The van der Waals surface area contributed by atoms with Crippen molar-refractivity contribution in [1.82, 2.24) is 15.1 Å². The highest BCUT2D eigenvalue weighted by Gasteiger charge is 2.33. The molecule has 5 nitrogen and oxygen atoms in total. The normalized spacial score (nSPS) is 17.9. The number of carbonyl (C=O) groups excluding carboxylic acids is 2. The fourth-order valence-electron chi connectivity index (χ4n) is 4.25. The Hall–Kier alpha value is -2.66. The van der Waals surface area contributed by atoms with Gasteiger partial charge in [-0.1, -0.05) is 59.7 Å². The SMILES string of the molecule is Cc1ccc(CC(=O)N2CCN(CC(=O)NC(c3ccc(C)cc3)C3CC3)CC2)cc1. The molecule has 0 aromatic heterocycles. The van der Waals surface area contributed by atoms with Gasteiger partial charge in [-0.3, -0.25) is 14.5 Å². The highest BCUT2D eigenvalue weighted by atomic mass is 16.2. The smallest absolute Gasteiger partial charge is 0.234 e. The van der Waals surface area contributed by atoms with Crippen molar-refractivity contribution in [3.05, 3.63) is 70.8 Å². The minimum atomic E-state index is 0.0805. The van der Waals surface area contributed by atoms with Crippen molar-refractivity contribution in [3.8, 4) is 0 Å². The van der Waals surface area contributed by atoms with Gasteiger partial charge in [0, 0.05) is 26.2 Å². The number of benzene rings is 2. The third kappa shape index (κ3) is 5.95. The quantitative estimate of drug-likeness (QED) is 0.750. The van der Waals surface area contributed by atoms with Crippen LogP contribution in [0, 0.1) is 19.8 Å². The molecule has 2 amide bonds. The van der Waals surface area contributed by atoms with Crippen molar-refractivity contribution in [3.63, 3.8) is 0 Å². The van der Waals surface area contributed by atoms with E-state index in [1.54, 1.807) is 0 Å². The molecule has 31 heavy (non-hydrogen) atoms. The first-order valence-electron chi connectivity index (χ1n) is 11.4. The van der Waals surface area contributed by atoms with Crippen LogP contribution in [0.15, 0.2) is 48.5 Å². The molecule has 2 aliphatic rings. The zero-order valence-electron chi connectivity index (χ0n) is 18.6. The van der Waals surface area contributed by atoms with E-state index in [9.17, 15) is 9.59 Å². The van der Waals surface area contributed by atoms with Gasteiger partial charge in [0.15, 0.2) is 0 Å². The lowest BCUT2D eigenvalue weighted by Gasteiger charge is -2.34. The number of hydrogen-bond donors (Lipinski definition) is 1. The molecule has 1 heterocycles. The minimum Gasteiger partial charge on any atom is -0.348 e. The predicted molar refractivity (Wildman–Crippen MR) is 123 cm³/mol. The molecule has 1 saturated heterocycles. The maximum atomic E-state index is 12.7. The first-order chi connectivity index (χ1) is 15.0. The zero-order valence-corrected chi connectivity index (χ0v) is 18.6. The Morgan fingerprint density at radius 2 is 1.48 bits per heavy atom. The number of rotatable bonds is 7. The van der Waals surface area contributed by atoms with E-state index in [-0.39, 0.29) is 17.9 Å². The van der Waals surface area contributed by atoms with Crippen LogP contribution in [0.3, 0.4) is 0 Å². The van der Waals surface area contributed by atoms with Gasteiger partial charge in [0.05, 0.1) is 19.0 Å². The second kappa shape index (κ2) is 9.65. The molecule has 0 bridgehead atoms. The van der Waals surface area contributed by atoms with Gasteiger partial charge in [0.2, 0.25) is 11.8 Å². The minimum absolute atomic E-state index is 0.0805. The summed E-state index contributed by atoms with van der Waals surface area (Å²) in [6, 6.07) is 16.8. The molecule has 1 atom stereocenters. The van der Waals surface area contributed by atoms with Crippen LogP contribution in [-0.2, 0) is 16.0 Å². The van der Waals surface area contributed by atoms with Gasteiger partial charge in [-0.25, -0.2) is 0 Å². The van der Waals surface area contributed by atoms with E-state index in [0.717, 1.165) is 18.7 Å². The van der Waals surface area contributed by atoms with Crippen LogP contribution in [0.5, 0.6) is 0 Å². The van der Waals surface area contributed by atoms with Gasteiger partial charge in [-0.05, 0) is 43.7 Å². The number of nitrogens with one attached hydrogen (secondary N) is 1. The molecule has 2 aromatic carbocycles. The first kappa shape index (κ1) is 21.6. The van der Waals surface area contributed by atoms with Gasteiger partial charge in [0.1, 0.15) is 0 Å². The second-order valence-electron chi connectivity index (χ2n) is 9.11. The maximum absolute atomic E-state index is 12.7. The Labute approximate surface area is 185 Å². The van der Waals surface area contributed by atoms with E-state index < -0.39 is 0 Å². The van der Waals surface area contributed by atoms with Gasteiger partial charge >= 0.3 is 0 Å². The predicted octanol–water partition coefficient (Wildman–Crippen LogP) is 3.26. The van der Waals surface area contributed by atoms with Gasteiger partial charge < -0.3 is 10.2 Å². The van der Waals surface area contributed by atoms with E-state index in [0.29, 0.717) is 32.0 Å². The second-order valence-corrected chi connectivity index (χ2v) is 9.11. The van der Waals surface area contributed by atoms with Crippen molar-refractivity contribution in [2.75, 3.05) is 32.7 Å². The van der Waals surface area contributed by atoms with E-state index >= 15 is 0 Å². The Morgan fingerprint density at radius 3 is 2.06 bits per heavy atom. The number of hydrogen-bond acceptors (Lipinski definition) is 3. The standard InChI is InChI=1S/C26H33N3O2/c1-19-3-7-21(8-4-19)17-25(31)29-15-13-28(14-16-29)18-24(30)27-26(23-11-12-23)22-9-5-20(2)6-10-22/h3-10,23,26H,11-18H2,1-2H3,(H,27,30). The third-order valence-corrected chi connectivity index (χ3v) is 6.41. The van der Waals surface area contributed by atoms with E-state index in [2.05, 4.69) is 48.3 Å². The van der Waals surface area contributed by atoms with Crippen molar-refractivity contribution in [2.45, 2.75) is 39.2 Å². The molecule has 2 fully saturated rings. The maximum Gasteiger partial charge on any atom is 0.234 e. The van der Waals surface area contributed by atoms with Gasteiger partial charge in [-0.2, -0.15) is 0 Å². The Kier molecular flexibility index (Phi) is 6.71. The lowest BCUT2D eigenvalue weighted by Crippen LogP contribution is -2.51. The summed E-state index contributed by atoms with van der Waals surface area (Å²) in [5.74, 6) is 0.806. The van der Waals surface area contributed by atoms with Crippen molar-refractivity contribution >= 4 is 11.8 Å². The van der Waals surface area contributed by atoms with Gasteiger partial charge in [0.25, 0.3) is 0 Å². The van der Waals surface area contributed by atoms with Crippen LogP contribution in [0.1, 0.15) is 41.1 Å². The highest BCUT2D eigenvalue weighted by Crippen LogP contribution is 2.41. The Balaban J connectivity index is 1.24. The average molecular weight is 420 g/mol. The van der Waals surface area contributed by atoms with Crippen LogP contribution < -0.4 is 5.32 Å². The zero-order chi connectivity index (χ0) is 21.8. The summed E-state index contributed by atoms with van der Waals surface area (Å²) in [6.45, 7) is 7.38. The Bertz CT molecular complexity index is 895. The van der Waals surface area contributed by atoms with Crippen LogP contribution in [0.4, 0.5) is 0 Å². The summed E-state index contributed by atoms with van der Waals surface area (Å²) in [5, 5.41) is 3.27. The summed E-state index contributed by atoms with van der Waals surface area (Å²) in [5.41, 5.74) is 4.70. The summed E-state index contributed by atoms with van der Waals surface area (Å²) < 4.78 is 0. The average Bonchev–Trinajstić information content (AvgIpc) is 3.60. The third-order valence-electron chi connectivity index (χ3n) is 6.41. The molecule has 2 aromatic rings. The lowest BCUT2D eigenvalue weighted by molar-refractivity contribution is -0.132. The van der Waals surface area contributed by atoms with Crippen molar-refractivity contribution in [2.24, 2.45) is 5.92 Å². The molecule has 164 valence electrons. The molecule has 4 rings (SSSR count). The summed E-state index contributed by atoms with van der Waals surface area (Å²) in [6.07, 6.45) is 2.81. The summed E-state index contributed by atoms with van der Waals surface area (Å²) in [7, 11) is 0. The fraction of sp³-hybridized carbons (Fsp3) is 0.462. The number of amides is 2.